The molecule has 1 aromatic carbocycles. The molecule has 2 N–H and O–H groups in total. The maximum absolute atomic E-state index is 11.8. The number of hydrogen-bond donors (Lipinski definition) is 1. The van der Waals surface area contributed by atoms with Crippen molar-refractivity contribution in [2.24, 2.45) is 5.73 Å². The van der Waals surface area contributed by atoms with Crippen molar-refractivity contribution in [3.05, 3.63) is 47.8 Å². The number of amides is 1. The standard InChI is InChI=1S/C19H26N2O/c1-4-6-9-15(5-2)18-17(11-12-21(18)19(20)22)16-10-7-8-14(3)13-16/h7-8,10-13,15H,4-6,9H2,1-3H3,(H2,20,22). The maximum atomic E-state index is 11.8. The molecule has 118 valence electrons. The third-order valence-corrected chi connectivity index (χ3v) is 4.28. The molecule has 1 amide bonds. The van der Waals surface area contributed by atoms with Crippen molar-refractivity contribution in [1.29, 1.82) is 0 Å². The molecule has 1 unspecified atom stereocenters. The molecule has 1 aromatic heterocycles. The van der Waals surface area contributed by atoms with Crippen LogP contribution in [-0.4, -0.2) is 10.6 Å². The molecule has 0 aliphatic rings. The van der Waals surface area contributed by atoms with Crippen LogP contribution in [0, 0.1) is 6.92 Å². The highest BCUT2D eigenvalue weighted by Gasteiger charge is 2.21. The van der Waals surface area contributed by atoms with E-state index in [1.807, 2.05) is 12.3 Å². The maximum Gasteiger partial charge on any atom is 0.323 e. The van der Waals surface area contributed by atoms with E-state index in [4.69, 9.17) is 5.73 Å². The van der Waals surface area contributed by atoms with Gasteiger partial charge in [0.2, 0.25) is 0 Å². The van der Waals surface area contributed by atoms with E-state index in [1.165, 1.54) is 5.56 Å². The Labute approximate surface area is 133 Å². The average Bonchev–Trinajstić information content (AvgIpc) is 2.93. The molecule has 1 heterocycles. The van der Waals surface area contributed by atoms with E-state index in [0.29, 0.717) is 5.92 Å². The minimum absolute atomic E-state index is 0.359. The SMILES string of the molecule is CCCCC(CC)c1c(-c2cccc(C)c2)ccn1C(N)=O. The van der Waals surface area contributed by atoms with Crippen molar-refractivity contribution in [2.75, 3.05) is 0 Å². The molecular weight excluding hydrogens is 272 g/mol. The second kappa shape index (κ2) is 7.30. The van der Waals surface area contributed by atoms with Crippen LogP contribution in [0.5, 0.6) is 0 Å². The van der Waals surface area contributed by atoms with Gasteiger partial charge in [0, 0.05) is 23.4 Å². The number of primary amides is 1. The highest BCUT2D eigenvalue weighted by atomic mass is 16.2. The summed E-state index contributed by atoms with van der Waals surface area (Å²) in [5.74, 6) is 0.359. The number of benzene rings is 1. The zero-order valence-corrected chi connectivity index (χ0v) is 13.8. The Morgan fingerprint density at radius 1 is 1.27 bits per heavy atom. The molecule has 22 heavy (non-hydrogen) atoms. The molecule has 3 heteroatoms. The minimum atomic E-state index is -0.399. The molecule has 0 saturated carbocycles. The van der Waals surface area contributed by atoms with Gasteiger partial charge in [-0.25, -0.2) is 4.79 Å². The van der Waals surface area contributed by atoms with Gasteiger partial charge in [-0.05, 0) is 31.4 Å². The lowest BCUT2D eigenvalue weighted by atomic mass is 9.90. The lowest BCUT2D eigenvalue weighted by Crippen LogP contribution is -2.22. The first-order valence-corrected chi connectivity index (χ1v) is 8.16. The summed E-state index contributed by atoms with van der Waals surface area (Å²) in [5, 5.41) is 0. The fourth-order valence-corrected chi connectivity index (χ4v) is 3.09. The van der Waals surface area contributed by atoms with Crippen LogP contribution in [0.1, 0.15) is 56.7 Å². The van der Waals surface area contributed by atoms with Gasteiger partial charge >= 0.3 is 6.03 Å². The number of nitrogens with two attached hydrogens (primary N) is 1. The molecule has 3 nitrogen and oxygen atoms in total. The predicted molar refractivity (Wildman–Crippen MR) is 92.1 cm³/mol. The van der Waals surface area contributed by atoms with E-state index in [2.05, 4.69) is 45.0 Å². The van der Waals surface area contributed by atoms with Gasteiger partial charge in [-0.3, -0.25) is 4.57 Å². The summed E-state index contributed by atoms with van der Waals surface area (Å²) in [6.07, 6.45) is 6.23. The second-order valence-corrected chi connectivity index (χ2v) is 5.94. The third-order valence-electron chi connectivity index (χ3n) is 4.28. The summed E-state index contributed by atoms with van der Waals surface area (Å²) in [6, 6.07) is 10.0. The summed E-state index contributed by atoms with van der Waals surface area (Å²) in [4.78, 5) is 11.8. The quantitative estimate of drug-likeness (QED) is 0.794. The molecule has 0 aliphatic heterocycles. The van der Waals surface area contributed by atoms with Crippen molar-refractivity contribution in [1.82, 2.24) is 4.57 Å². The number of hydrogen-bond acceptors (Lipinski definition) is 1. The fourth-order valence-electron chi connectivity index (χ4n) is 3.09. The van der Waals surface area contributed by atoms with Crippen molar-refractivity contribution in [3.8, 4) is 11.1 Å². The van der Waals surface area contributed by atoms with Crippen molar-refractivity contribution in [3.63, 3.8) is 0 Å². The van der Waals surface area contributed by atoms with Gasteiger partial charge in [0.05, 0.1) is 0 Å². The van der Waals surface area contributed by atoms with Crippen LogP contribution >= 0.6 is 0 Å². The molecule has 1 atom stereocenters. The van der Waals surface area contributed by atoms with E-state index >= 15 is 0 Å². The summed E-state index contributed by atoms with van der Waals surface area (Å²) in [6.45, 7) is 6.46. The largest absolute Gasteiger partial charge is 0.351 e. The first-order valence-electron chi connectivity index (χ1n) is 8.16. The van der Waals surface area contributed by atoms with Crippen LogP contribution in [0.2, 0.25) is 0 Å². The van der Waals surface area contributed by atoms with Gasteiger partial charge in [-0.1, -0.05) is 56.5 Å². The number of nitrogens with zero attached hydrogens (tertiary/aromatic N) is 1. The number of carbonyl (C=O) groups excluding carboxylic acids is 1. The molecule has 2 rings (SSSR count). The Morgan fingerprint density at radius 2 is 2.05 bits per heavy atom. The van der Waals surface area contributed by atoms with E-state index in [0.717, 1.165) is 42.5 Å². The molecule has 0 bridgehead atoms. The summed E-state index contributed by atoms with van der Waals surface area (Å²) in [7, 11) is 0. The van der Waals surface area contributed by atoms with Gasteiger partial charge in [0.1, 0.15) is 0 Å². The van der Waals surface area contributed by atoms with E-state index in [1.54, 1.807) is 4.57 Å². The first-order chi connectivity index (χ1) is 10.6. The highest BCUT2D eigenvalue weighted by molar-refractivity contribution is 5.80. The van der Waals surface area contributed by atoms with Gasteiger partial charge in [-0.2, -0.15) is 0 Å². The van der Waals surface area contributed by atoms with Crippen LogP contribution in [0.4, 0.5) is 4.79 Å². The van der Waals surface area contributed by atoms with Gasteiger partial charge in [-0.15, -0.1) is 0 Å². The first kappa shape index (κ1) is 16.3. The molecule has 0 spiro atoms. The monoisotopic (exact) mass is 298 g/mol. The fraction of sp³-hybridized carbons (Fsp3) is 0.421. The van der Waals surface area contributed by atoms with Crippen molar-refractivity contribution < 1.29 is 4.79 Å². The van der Waals surface area contributed by atoms with Crippen molar-refractivity contribution in [2.45, 2.75) is 52.4 Å². The predicted octanol–water partition coefficient (Wildman–Crippen LogP) is 5.07. The number of aryl methyl sites for hydroxylation is 1. The number of rotatable bonds is 6. The summed E-state index contributed by atoms with van der Waals surface area (Å²) < 4.78 is 1.63. The second-order valence-electron chi connectivity index (χ2n) is 5.94. The molecule has 0 radical (unpaired) electrons. The van der Waals surface area contributed by atoms with Gasteiger partial charge < -0.3 is 5.73 Å². The van der Waals surface area contributed by atoms with Gasteiger partial charge in [0.25, 0.3) is 0 Å². The van der Waals surface area contributed by atoms with Crippen LogP contribution < -0.4 is 5.73 Å². The van der Waals surface area contributed by atoms with Crippen LogP contribution in [0.3, 0.4) is 0 Å². The number of carbonyl (C=O) groups is 1. The zero-order valence-electron chi connectivity index (χ0n) is 13.8. The Morgan fingerprint density at radius 3 is 2.64 bits per heavy atom. The van der Waals surface area contributed by atoms with Crippen LogP contribution in [-0.2, 0) is 0 Å². The Bertz CT molecular complexity index is 643. The van der Waals surface area contributed by atoms with E-state index < -0.39 is 6.03 Å². The normalized spacial score (nSPS) is 12.3. The van der Waals surface area contributed by atoms with Crippen LogP contribution in [0.15, 0.2) is 36.5 Å². The molecular formula is C19H26N2O. The molecule has 0 aliphatic carbocycles. The number of aromatic nitrogens is 1. The smallest absolute Gasteiger partial charge is 0.323 e. The topological polar surface area (TPSA) is 48.0 Å². The minimum Gasteiger partial charge on any atom is -0.351 e. The summed E-state index contributed by atoms with van der Waals surface area (Å²) >= 11 is 0. The van der Waals surface area contributed by atoms with Gasteiger partial charge in [0.15, 0.2) is 0 Å². The van der Waals surface area contributed by atoms with Crippen LogP contribution in [0.25, 0.3) is 11.1 Å². The number of unbranched alkanes of at least 4 members (excludes halogenated alkanes) is 1. The van der Waals surface area contributed by atoms with E-state index in [9.17, 15) is 4.79 Å². The summed E-state index contributed by atoms with van der Waals surface area (Å²) in [5.41, 5.74) is 10.2. The lowest BCUT2D eigenvalue weighted by molar-refractivity contribution is 0.249. The Kier molecular flexibility index (Phi) is 5.42. The third kappa shape index (κ3) is 3.41. The Balaban J connectivity index is 2.53. The zero-order chi connectivity index (χ0) is 16.1. The lowest BCUT2D eigenvalue weighted by Gasteiger charge is -2.19. The molecule has 0 saturated heterocycles. The highest BCUT2D eigenvalue weighted by Crippen LogP contribution is 2.35. The Hall–Kier alpha value is -2.03. The molecule has 0 fully saturated rings. The average molecular weight is 298 g/mol. The molecule has 2 aromatic rings. The van der Waals surface area contributed by atoms with E-state index in [-0.39, 0.29) is 0 Å². The van der Waals surface area contributed by atoms with Crippen molar-refractivity contribution >= 4 is 6.03 Å².